The summed E-state index contributed by atoms with van der Waals surface area (Å²) in [5.41, 5.74) is 0.596. The number of aliphatic hydroxyl groups excluding tert-OH is 1. The summed E-state index contributed by atoms with van der Waals surface area (Å²) in [6, 6.07) is 6.56. The highest BCUT2D eigenvalue weighted by Gasteiger charge is 2.35. The molecule has 0 spiro atoms. The summed E-state index contributed by atoms with van der Waals surface area (Å²) < 4.78 is 5.13. The number of carbonyl (C=O) groups excluding carboxylic acids is 3. The predicted octanol–water partition coefficient (Wildman–Crippen LogP) is 1.87. The lowest BCUT2D eigenvalue weighted by atomic mass is 10.0. The SMILES string of the molecule is C#CN(C(=O)C(CO)NC(=O)OC(C)(C)C)C(C(=O)NC(C)C)c1cccc(C)c1. The molecule has 30 heavy (non-hydrogen) atoms. The number of aryl methyl sites for hydroxylation is 1. The molecule has 0 bridgehead atoms. The lowest BCUT2D eigenvalue weighted by Gasteiger charge is -2.30. The summed E-state index contributed by atoms with van der Waals surface area (Å²) in [6.45, 7) is 9.70. The van der Waals surface area contributed by atoms with Gasteiger partial charge in [0.25, 0.3) is 5.91 Å². The van der Waals surface area contributed by atoms with Crippen LogP contribution in [0.3, 0.4) is 0 Å². The van der Waals surface area contributed by atoms with Crippen molar-refractivity contribution in [2.45, 2.75) is 65.3 Å². The molecule has 8 heteroatoms. The Labute approximate surface area is 178 Å². The topological polar surface area (TPSA) is 108 Å². The van der Waals surface area contributed by atoms with Crippen molar-refractivity contribution >= 4 is 17.9 Å². The Morgan fingerprint density at radius 3 is 2.33 bits per heavy atom. The number of amides is 3. The molecule has 0 aliphatic rings. The first-order valence-electron chi connectivity index (χ1n) is 9.66. The predicted molar refractivity (Wildman–Crippen MR) is 113 cm³/mol. The van der Waals surface area contributed by atoms with Crippen molar-refractivity contribution in [3.8, 4) is 12.5 Å². The normalized spacial score (nSPS) is 13.0. The molecule has 0 saturated carbocycles. The van der Waals surface area contributed by atoms with Crippen LogP contribution >= 0.6 is 0 Å². The molecule has 0 radical (unpaired) electrons. The van der Waals surface area contributed by atoms with E-state index in [1.54, 1.807) is 52.8 Å². The molecular formula is C22H31N3O5. The highest BCUT2D eigenvalue weighted by molar-refractivity contribution is 5.93. The van der Waals surface area contributed by atoms with E-state index in [9.17, 15) is 19.5 Å². The van der Waals surface area contributed by atoms with E-state index >= 15 is 0 Å². The van der Waals surface area contributed by atoms with Crippen molar-refractivity contribution in [2.24, 2.45) is 0 Å². The van der Waals surface area contributed by atoms with Gasteiger partial charge in [-0.2, -0.15) is 0 Å². The maximum Gasteiger partial charge on any atom is 0.408 e. The number of nitrogens with zero attached hydrogens (tertiary/aromatic N) is 1. The highest BCUT2D eigenvalue weighted by atomic mass is 16.6. The summed E-state index contributed by atoms with van der Waals surface area (Å²) in [4.78, 5) is 38.9. The molecule has 0 aliphatic carbocycles. The van der Waals surface area contributed by atoms with Crippen LogP contribution in [0, 0.1) is 19.4 Å². The summed E-state index contributed by atoms with van der Waals surface area (Å²) in [5, 5.41) is 14.7. The van der Waals surface area contributed by atoms with Crippen LogP contribution in [0.5, 0.6) is 0 Å². The molecule has 0 aliphatic heterocycles. The molecule has 3 N–H and O–H groups in total. The lowest BCUT2D eigenvalue weighted by Crippen LogP contribution is -2.53. The maximum absolute atomic E-state index is 13.1. The molecule has 164 valence electrons. The Bertz CT molecular complexity index is 808. The molecule has 0 aromatic heterocycles. The molecule has 1 aromatic carbocycles. The summed E-state index contributed by atoms with van der Waals surface area (Å²) in [7, 11) is 0. The van der Waals surface area contributed by atoms with Crippen LogP contribution in [0.1, 0.15) is 51.8 Å². The Hall–Kier alpha value is -3.05. The maximum atomic E-state index is 13.1. The minimum absolute atomic E-state index is 0.187. The van der Waals surface area contributed by atoms with Gasteiger partial charge in [0.05, 0.1) is 6.61 Å². The summed E-state index contributed by atoms with van der Waals surface area (Å²) >= 11 is 0. The van der Waals surface area contributed by atoms with E-state index in [-0.39, 0.29) is 6.04 Å². The van der Waals surface area contributed by atoms with Gasteiger partial charge in [0.2, 0.25) is 5.91 Å². The van der Waals surface area contributed by atoms with Crippen molar-refractivity contribution < 1.29 is 24.2 Å². The van der Waals surface area contributed by atoms with Crippen molar-refractivity contribution in [3.05, 3.63) is 35.4 Å². The zero-order valence-electron chi connectivity index (χ0n) is 18.4. The summed E-state index contributed by atoms with van der Waals surface area (Å²) in [5.74, 6) is -1.29. The number of hydrogen-bond acceptors (Lipinski definition) is 5. The van der Waals surface area contributed by atoms with Crippen molar-refractivity contribution in [1.82, 2.24) is 15.5 Å². The first-order valence-corrected chi connectivity index (χ1v) is 9.66. The van der Waals surface area contributed by atoms with Crippen molar-refractivity contribution in [3.63, 3.8) is 0 Å². The number of aliphatic hydroxyl groups is 1. The van der Waals surface area contributed by atoms with E-state index in [0.29, 0.717) is 5.56 Å². The number of ether oxygens (including phenoxy) is 1. The standard InChI is InChI=1S/C22H31N3O5/c1-8-25(20(28)17(13-26)24-21(29)30-22(5,6)7)18(19(27)23-14(2)3)16-11-9-10-15(4)12-16/h1,9-12,14,17-18,26H,13H2,2-7H3,(H,23,27)(H,24,29). The van der Waals surface area contributed by atoms with E-state index < -0.39 is 42.2 Å². The zero-order chi connectivity index (χ0) is 23.1. The van der Waals surface area contributed by atoms with Crippen LogP contribution < -0.4 is 10.6 Å². The highest BCUT2D eigenvalue weighted by Crippen LogP contribution is 2.23. The third-order valence-electron chi connectivity index (χ3n) is 3.84. The van der Waals surface area contributed by atoms with Gasteiger partial charge in [-0.25, -0.2) is 4.79 Å². The molecule has 0 fully saturated rings. The van der Waals surface area contributed by atoms with Crippen LogP contribution in [-0.4, -0.2) is 52.2 Å². The van der Waals surface area contributed by atoms with E-state index in [1.807, 2.05) is 13.0 Å². The number of benzene rings is 1. The molecule has 1 rings (SSSR count). The average Bonchev–Trinajstić information content (AvgIpc) is 2.61. The van der Waals surface area contributed by atoms with Gasteiger partial charge in [-0.15, -0.1) is 0 Å². The summed E-state index contributed by atoms with van der Waals surface area (Å²) in [6.07, 6.45) is 4.71. The number of hydrogen-bond donors (Lipinski definition) is 3. The Balaban J connectivity index is 3.25. The molecule has 0 heterocycles. The van der Waals surface area contributed by atoms with Gasteiger partial charge in [-0.1, -0.05) is 36.3 Å². The van der Waals surface area contributed by atoms with Gasteiger partial charge in [0.15, 0.2) is 0 Å². The number of rotatable bonds is 7. The van der Waals surface area contributed by atoms with Crippen LogP contribution in [0.15, 0.2) is 24.3 Å². The second-order valence-corrected chi connectivity index (χ2v) is 8.20. The Morgan fingerprint density at radius 2 is 1.87 bits per heavy atom. The quantitative estimate of drug-likeness (QED) is 0.464. The van der Waals surface area contributed by atoms with Gasteiger partial charge in [0.1, 0.15) is 17.7 Å². The molecule has 8 nitrogen and oxygen atoms in total. The molecule has 1 aromatic rings. The lowest BCUT2D eigenvalue weighted by molar-refractivity contribution is -0.139. The van der Waals surface area contributed by atoms with Crippen molar-refractivity contribution in [1.29, 1.82) is 0 Å². The smallest absolute Gasteiger partial charge is 0.408 e. The fraction of sp³-hybridized carbons (Fsp3) is 0.500. The van der Waals surface area contributed by atoms with Gasteiger partial charge in [-0.3, -0.25) is 14.5 Å². The average molecular weight is 418 g/mol. The number of alkyl carbamates (subject to hydrolysis) is 1. The first kappa shape index (κ1) is 25.0. The van der Waals surface area contributed by atoms with Crippen LogP contribution in [-0.2, 0) is 14.3 Å². The monoisotopic (exact) mass is 417 g/mol. The van der Waals surface area contributed by atoms with Crippen molar-refractivity contribution in [2.75, 3.05) is 6.61 Å². The van der Waals surface area contributed by atoms with Gasteiger partial charge in [0, 0.05) is 12.1 Å². The Kier molecular flexibility index (Phi) is 8.87. The second-order valence-electron chi connectivity index (χ2n) is 8.20. The molecule has 2 unspecified atom stereocenters. The fourth-order valence-electron chi connectivity index (χ4n) is 2.69. The second kappa shape index (κ2) is 10.6. The van der Waals surface area contributed by atoms with Crippen LogP contribution in [0.25, 0.3) is 0 Å². The number of nitrogens with one attached hydrogen (secondary N) is 2. The fourth-order valence-corrected chi connectivity index (χ4v) is 2.69. The van der Waals surface area contributed by atoms with E-state index in [4.69, 9.17) is 11.2 Å². The molecular weight excluding hydrogens is 386 g/mol. The minimum Gasteiger partial charge on any atom is -0.444 e. The van der Waals surface area contributed by atoms with Gasteiger partial charge >= 0.3 is 6.09 Å². The Morgan fingerprint density at radius 1 is 1.23 bits per heavy atom. The zero-order valence-corrected chi connectivity index (χ0v) is 18.4. The number of carbonyl (C=O) groups is 3. The van der Waals surface area contributed by atoms with E-state index in [0.717, 1.165) is 10.5 Å². The minimum atomic E-state index is -1.38. The van der Waals surface area contributed by atoms with E-state index in [1.165, 1.54) is 0 Å². The van der Waals surface area contributed by atoms with Crippen LogP contribution in [0.4, 0.5) is 4.79 Å². The molecule has 3 amide bonds. The third-order valence-corrected chi connectivity index (χ3v) is 3.84. The van der Waals surface area contributed by atoms with Gasteiger partial charge in [-0.05, 0) is 47.1 Å². The van der Waals surface area contributed by atoms with E-state index in [2.05, 4.69) is 16.7 Å². The third kappa shape index (κ3) is 7.41. The first-order chi connectivity index (χ1) is 13.9. The van der Waals surface area contributed by atoms with Gasteiger partial charge < -0.3 is 20.5 Å². The molecule has 2 atom stereocenters. The largest absolute Gasteiger partial charge is 0.444 e. The number of terminal acetylenes is 1. The molecule has 0 saturated heterocycles. The van der Waals surface area contributed by atoms with Crippen LogP contribution in [0.2, 0.25) is 0 Å².